The average Bonchev–Trinajstić information content (AvgIpc) is 2.94. The van der Waals surface area contributed by atoms with E-state index in [2.05, 4.69) is 10.1 Å². The molecule has 0 aliphatic heterocycles. The summed E-state index contributed by atoms with van der Waals surface area (Å²) >= 11 is 6.21. The van der Waals surface area contributed by atoms with Gasteiger partial charge in [0.15, 0.2) is 0 Å². The Balaban J connectivity index is 1.69. The topological polar surface area (TPSA) is 51.0 Å². The van der Waals surface area contributed by atoms with Crippen LogP contribution in [-0.4, -0.2) is 39.2 Å². The van der Waals surface area contributed by atoms with E-state index in [1.54, 1.807) is 22.8 Å². The summed E-state index contributed by atoms with van der Waals surface area (Å²) in [5.74, 6) is -0.0149. The summed E-state index contributed by atoms with van der Waals surface area (Å²) in [4.78, 5) is 18.6. The van der Waals surface area contributed by atoms with Gasteiger partial charge < -0.3 is 4.90 Å². The van der Waals surface area contributed by atoms with Crippen LogP contribution >= 0.6 is 11.6 Å². The van der Waals surface area contributed by atoms with E-state index in [4.69, 9.17) is 11.6 Å². The van der Waals surface area contributed by atoms with Crippen LogP contribution in [0.4, 0.5) is 0 Å². The summed E-state index contributed by atoms with van der Waals surface area (Å²) in [5.41, 5.74) is 4.17. The maximum atomic E-state index is 12.6. The molecule has 0 fully saturated rings. The van der Waals surface area contributed by atoms with Crippen molar-refractivity contribution in [1.29, 1.82) is 0 Å². The van der Waals surface area contributed by atoms with Gasteiger partial charge in [-0.1, -0.05) is 17.7 Å². The van der Waals surface area contributed by atoms with Crippen LogP contribution in [0.15, 0.2) is 48.7 Å². The lowest BCUT2D eigenvalue weighted by Crippen LogP contribution is -2.29. The largest absolute Gasteiger partial charge is 0.341 e. The molecule has 1 aromatic carbocycles. The van der Waals surface area contributed by atoms with Crippen LogP contribution in [0.5, 0.6) is 0 Å². The first-order valence-electron chi connectivity index (χ1n) is 8.45. The fourth-order valence-corrected chi connectivity index (χ4v) is 2.89. The SMILES string of the molecule is Cc1nn(-c2ccc(C(=O)N(C)CCc3ccccn3)cc2)c(C)c1Cl. The minimum Gasteiger partial charge on any atom is -0.341 e. The number of aryl methyl sites for hydroxylation is 1. The van der Waals surface area contributed by atoms with Crippen LogP contribution < -0.4 is 0 Å². The van der Waals surface area contributed by atoms with Gasteiger partial charge in [0, 0.05) is 37.5 Å². The summed E-state index contributed by atoms with van der Waals surface area (Å²) < 4.78 is 1.79. The summed E-state index contributed by atoms with van der Waals surface area (Å²) in [7, 11) is 1.81. The summed E-state index contributed by atoms with van der Waals surface area (Å²) in [5, 5.41) is 5.10. The molecule has 26 heavy (non-hydrogen) atoms. The number of likely N-dealkylation sites (N-methyl/N-ethyl adjacent to an activating group) is 1. The summed E-state index contributed by atoms with van der Waals surface area (Å²) in [6, 6.07) is 13.2. The normalized spacial score (nSPS) is 10.8. The van der Waals surface area contributed by atoms with Crippen LogP contribution in [0.25, 0.3) is 5.69 Å². The fourth-order valence-electron chi connectivity index (χ4n) is 2.77. The summed E-state index contributed by atoms with van der Waals surface area (Å²) in [6.45, 7) is 4.41. The highest BCUT2D eigenvalue weighted by atomic mass is 35.5. The molecular weight excluding hydrogens is 348 g/mol. The molecule has 5 nitrogen and oxygen atoms in total. The third kappa shape index (κ3) is 3.78. The van der Waals surface area contributed by atoms with Gasteiger partial charge in [-0.3, -0.25) is 9.78 Å². The minimum atomic E-state index is -0.0149. The van der Waals surface area contributed by atoms with E-state index < -0.39 is 0 Å². The molecule has 0 bridgehead atoms. The molecule has 2 heterocycles. The van der Waals surface area contributed by atoms with Crippen molar-refractivity contribution in [3.8, 4) is 5.69 Å². The quantitative estimate of drug-likeness (QED) is 0.687. The lowest BCUT2D eigenvalue weighted by Gasteiger charge is -2.17. The Bertz CT molecular complexity index is 904. The fraction of sp³-hybridized carbons (Fsp3) is 0.250. The van der Waals surface area contributed by atoms with Crippen molar-refractivity contribution in [3.63, 3.8) is 0 Å². The predicted molar refractivity (Wildman–Crippen MR) is 103 cm³/mol. The van der Waals surface area contributed by atoms with E-state index in [0.717, 1.165) is 29.2 Å². The molecule has 3 rings (SSSR count). The van der Waals surface area contributed by atoms with Gasteiger partial charge in [-0.15, -0.1) is 0 Å². The molecule has 0 unspecified atom stereocenters. The standard InChI is InChI=1S/C20H21ClN4O/c1-14-19(21)15(2)25(23-14)18-9-7-16(8-10-18)20(26)24(3)13-11-17-6-4-5-12-22-17/h4-10,12H,11,13H2,1-3H3. The molecule has 0 aliphatic carbocycles. The van der Waals surface area contributed by atoms with Crippen molar-refractivity contribution >= 4 is 17.5 Å². The van der Waals surface area contributed by atoms with E-state index in [1.165, 1.54) is 0 Å². The smallest absolute Gasteiger partial charge is 0.253 e. The Kier molecular flexibility index (Phi) is 5.38. The third-order valence-corrected chi connectivity index (χ3v) is 4.89. The van der Waals surface area contributed by atoms with Gasteiger partial charge in [0.25, 0.3) is 5.91 Å². The number of amides is 1. The molecule has 0 atom stereocenters. The van der Waals surface area contributed by atoms with Gasteiger partial charge in [0.05, 0.1) is 22.1 Å². The first-order chi connectivity index (χ1) is 12.5. The molecule has 6 heteroatoms. The number of pyridine rings is 1. The van der Waals surface area contributed by atoms with Crippen molar-refractivity contribution < 1.29 is 4.79 Å². The Hall–Kier alpha value is -2.66. The molecule has 0 spiro atoms. The second-order valence-corrected chi connectivity index (χ2v) is 6.62. The maximum absolute atomic E-state index is 12.6. The molecule has 1 amide bonds. The number of benzene rings is 1. The number of carbonyl (C=O) groups is 1. The van der Waals surface area contributed by atoms with E-state index >= 15 is 0 Å². The highest BCUT2D eigenvalue weighted by Crippen LogP contribution is 2.22. The number of hydrogen-bond acceptors (Lipinski definition) is 3. The first-order valence-corrected chi connectivity index (χ1v) is 8.82. The minimum absolute atomic E-state index is 0.0149. The van der Waals surface area contributed by atoms with Crippen LogP contribution in [0.3, 0.4) is 0 Å². The van der Waals surface area contributed by atoms with Gasteiger partial charge in [0.1, 0.15) is 0 Å². The number of rotatable bonds is 5. The Labute approximate surface area is 158 Å². The van der Waals surface area contributed by atoms with Crippen molar-refractivity contribution in [2.45, 2.75) is 20.3 Å². The molecule has 3 aromatic rings. The Morgan fingerprint density at radius 3 is 2.46 bits per heavy atom. The van der Waals surface area contributed by atoms with Gasteiger partial charge in [-0.25, -0.2) is 4.68 Å². The zero-order chi connectivity index (χ0) is 18.7. The number of halogens is 1. The highest BCUT2D eigenvalue weighted by molar-refractivity contribution is 6.31. The number of nitrogens with zero attached hydrogens (tertiary/aromatic N) is 4. The maximum Gasteiger partial charge on any atom is 0.253 e. The zero-order valence-corrected chi connectivity index (χ0v) is 15.9. The van der Waals surface area contributed by atoms with Crippen LogP contribution in [0, 0.1) is 13.8 Å². The molecule has 134 valence electrons. The Morgan fingerprint density at radius 2 is 1.88 bits per heavy atom. The lowest BCUT2D eigenvalue weighted by molar-refractivity contribution is 0.0796. The number of hydrogen-bond donors (Lipinski definition) is 0. The van der Waals surface area contributed by atoms with E-state index in [0.29, 0.717) is 17.1 Å². The van der Waals surface area contributed by atoms with E-state index in [-0.39, 0.29) is 5.91 Å². The number of aromatic nitrogens is 3. The molecule has 0 saturated heterocycles. The monoisotopic (exact) mass is 368 g/mol. The molecule has 0 aliphatic rings. The summed E-state index contributed by atoms with van der Waals surface area (Å²) in [6.07, 6.45) is 2.49. The van der Waals surface area contributed by atoms with E-state index in [9.17, 15) is 4.79 Å². The van der Waals surface area contributed by atoms with Crippen molar-refractivity contribution in [1.82, 2.24) is 19.7 Å². The lowest BCUT2D eigenvalue weighted by atomic mass is 10.1. The zero-order valence-electron chi connectivity index (χ0n) is 15.1. The van der Waals surface area contributed by atoms with Gasteiger partial charge in [-0.2, -0.15) is 5.10 Å². The molecule has 0 N–H and O–H groups in total. The first kappa shape index (κ1) is 18.1. The van der Waals surface area contributed by atoms with Crippen molar-refractivity contribution in [2.75, 3.05) is 13.6 Å². The van der Waals surface area contributed by atoms with E-state index in [1.807, 2.05) is 56.3 Å². The van der Waals surface area contributed by atoms with Gasteiger partial charge in [0.2, 0.25) is 0 Å². The third-order valence-electron chi connectivity index (χ3n) is 4.34. The van der Waals surface area contributed by atoms with Crippen molar-refractivity contribution in [2.24, 2.45) is 0 Å². The molecule has 2 aromatic heterocycles. The second kappa shape index (κ2) is 7.70. The highest BCUT2D eigenvalue weighted by Gasteiger charge is 2.14. The Morgan fingerprint density at radius 1 is 1.15 bits per heavy atom. The van der Waals surface area contributed by atoms with Gasteiger partial charge >= 0.3 is 0 Å². The van der Waals surface area contributed by atoms with Crippen LogP contribution in [0.1, 0.15) is 27.4 Å². The van der Waals surface area contributed by atoms with Crippen LogP contribution in [0.2, 0.25) is 5.02 Å². The second-order valence-electron chi connectivity index (χ2n) is 6.24. The van der Waals surface area contributed by atoms with Crippen molar-refractivity contribution in [3.05, 3.63) is 76.3 Å². The number of carbonyl (C=O) groups excluding carboxylic acids is 1. The molecule has 0 saturated carbocycles. The predicted octanol–water partition coefficient (Wildman–Crippen LogP) is 3.85. The van der Waals surface area contributed by atoms with Gasteiger partial charge in [-0.05, 0) is 50.2 Å². The average molecular weight is 369 g/mol. The van der Waals surface area contributed by atoms with Crippen LogP contribution in [-0.2, 0) is 6.42 Å². The molecule has 0 radical (unpaired) electrons. The molecular formula is C20H21ClN4O.